The molecule has 2 heterocycles. The van der Waals surface area contributed by atoms with Gasteiger partial charge in [-0.3, -0.25) is 9.78 Å². The van der Waals surface area contributed by atoms with E-state index >= 15 is 0 Å². The summed E-state index contributed by atoms with van der Waals surface area (Å²) in [4.78, 5) is 20.7. The lowest BCUT2D eigenvalue weighted by atomic mass is 9.90. The van der Waals surface area contributed by atoms with Crippen molar-refractivity contribution < 1.29 is 50.5 Å². The fourth-order valence-corrected chi connectivity index (χ4v) is 4.73. The first-order chi connectivity index (χ1) is 20.3. The average Bonchev–Trinajstić information content (AvgIpc) is 2.93. The minimum Gasteiger partial charge on any atom is -0.494 e. The SMILES string of the molecule is COc1cc(C(=O)NCC(O)(c2cc(C(C)(C)O)c(Cl)c(-c3ccc(F)cc3)n2)C(F)(F)F)cc2cc(C(F)(F)F)cnc12. The number of nitrogens with one attached hydrogen (secondary N) is 1. The fourth-order valence-electron chi connectivity index (χ4n) is 4.29. The lowest BCUT2D eigenvalue weighted by Crippen LogP contribution is -2.51. The Hall–Kier alpha value is -4.01. The summed E-state index contributed by atoms with van der Waals surface area (Å²) in [5.74, 6) is -2.00. The molecule has 234 valence electrons. The van der Waals surface area contributed by atoms with Gasteiger partial charge in [-0.25, -0.2) is 9.37 Å². The summed E-state index contributed by atoms with van der Waals surface area (Å²) in [6.45, 7) is 0.944. The Labute approximate surface area is 250 Å². The van der Waals surface area contributed by atoms with Crippen LogP contribution in [0, 0.1) is 5.82 Å². The smallest absolute Gasteiger partial charge is 0.424 e. The maximum absolute atomic E-state index is 14.5. The van der Waals surface area contributed by atoms with E-state index in [1.807, 2.05) is 5.32 Å². The third-order valence-corrected chi connectivity index (χ3v) is 7.07. The molecule has 1 amide bonds. The van der Waals surface area contributed by atoms with Gasteiger partial charge in [0.05, 0.1) is 41.2 Å². The van der Waals surface area contributed by atoms with Gasteiger partial charge < -0.3 is 20.3 Å². The van der Waals surface area contributed by atoms with Crippen LogP contribution in [0.15, 0.2) is 54.7 Å². The van der Waals surface area contributed by atoms with E-state index < -0.39 is 58.6 Å². The van der Waals surface area contributed by atoms with Gasteiger partial charge in [0.2, 0.25) is 5.60 Å². The van der Waals surface area contributed by atoms with Gasteiger partial charge >= 0.3 is 12.4 Å². The number of carbonyl (C=O) groups excluding carboxylic acids is 1. The van der Waals surface area contributed by atoms with Crippen LogP contribution in [0.2, 0.25) is 5.02 Å². The molecule has 2 aromatic heterocycles. The summed E-state index contributed by atoms with van der Waals surface area (Å²) < 4.78 is 102. The van der Waals surface area contributed by atoms with Crippen molar-refractivity contribution in [3.05, 3.63) is 88.0 Å². The second kappa shape index (κ2) is 11.5. The fraction of sp³-hybridized carbons (Fsp3) is 0.276. The number of alkyl halides is 6. The molecule has 0 aliphatic heterocycles. The molecule has 4 aromatic rings. The number of rotatable bonds is 7. The Morgan fingerprint density at radius 2 is 1.64 bits per heavy atom. The normalized spacial score (nSPS) is 13.9. The van der Waals surface area contributed by atoms with E-state index in [9.17, 15) is 45.7 Å². The van der Waals surface area contributed by atoms with Crippen LogP contribution in [0.1, 0.15) is 41.0 Å². The van der Waals surface area contributed by atoms with Crippen molar-refractivity contribution in [3.8, 4) is 17.0 Å². The van der Waals surface area contributed by atoms with E-state index in [2.05, 4.69) is 9.97 Å². The summed E-state index contributed by atoms with van der Waals surface area (Å²) in [6.07, 6.45) is -9.67. The van der Waals surface area contributed by atoms with Crippen molar-refractivity contribution in [1.82, 2.24) is 15.3 Å². The number of aromatic nitrogens is 2. The van der Waals surface area contributed by atoms with Gasteiger partial charge in [-0.05, 0) is 62.4 Å². The van der Waals surface area contributed by atoms with Crippen LogP contribution in [-0.4, -0.2) is 45.9 Å². The standard InChI is InChI=1S/C29H23ClF7N3O4/c1-26(2,42)19-11-21(40-24(22(19)30)14-4-6-18(31)7-5-14)27(43,29(35,36)37)13-39-25(41)16-8-15-9-17(28(32,33)34)12-38-23(15)20(10-16)44-3/h4-12,42-43H,13H2,1-3H3,(H,39,41). The number of methoxy groups -OCH3 is 1. The van der Waals surface area contributed by atoms with E-state index in [0.29, 0.717) is 12.3 Å². The molecular weight excluding hydrogens is 623 g/mol. The second-order valence-electron chi connectivity index (χ2n) is 10.3. The van der Waals surface area contributed by atoms with E-state index in [4.69, 9.17) is 16.3 Å². The van der Waals surface area contributed by atoms with Gasteiger partial charge in [-0.1, -0.05) is 11.6 Å². The van der Waals surface area contributed by atoms with Crippen molar-refractivity contribution in [1.29, 1.82) is 0 Å². The van der Waals surface area contributed by atoms with Gasteiger partial charge in [0.15, 0.2) is 0 Å². The molecule has 0 saturated carbocycles. The van der Waals surface area contributed by atoms with Crippen molar-refractivity contribution in [2.45, 2.75) is 37.4 Å². The highest BCUT2D eigenvalue weighted by Crippen LogP contribution is 2.43. The molecule has 0 radical (unpaired) electrons. The molecule has 44 heavy (non-hydrogen) atoms. The summed E-state index contributed by atoms with van der Waals surface area (Å²) in [5.41, 5.74) is -8.85. The highest BCUT2D eigenvalue weighted by atomic mass is 35.5. The number of amides is 1. The molecule has 0 saturated heterocycles. The van der Waals surface area contributed by atoms with Crippen LogP contribution in [0.3, 0.4) is 0 Å². The molecule has 0 spiro atoms. The van der Waals surface area contributed by atoms with Gasteiger partial charge in [0.25, 0.3) is 5.91 Å². The van der Waals surface area contributed by atoms with Crippen molar-refractivity contribution in [3.63, 3.8) is 0 Å². The highest BCUT2D eigenvalue weighted by molar-refractivity contribution is 6.34. The molecule has 0 fully saturated rings. The van der Waals surface area contributed by atoms with Crippen LogP contribution in [-0.2, 0) is 17.4 Å². The minimum atomic E-state index is -5.47. The highest BCUT2D eigenvalue weighted by Gasteiger charge is 2.57. The maximum Gasteiger partial charge on any atom is 0.424 e. The molecule has 7 nitrogen and oxygen atoms in total. The lowest BCUT2D eigenvalue weighted by molar-refractivity contribution is -0.265. The van der Waals surface area contributed by atoms with Gasteiger partial charge in [0, 0.05) is 28.3 Å². The predicted octanol–water partition coefficient (Wildman–Crippen LogP) is 6.52. The number of aliphatic hydroxyl groups is 2. The summed E-state index contributed by atoms with van der Waals surface area (Å²) >= 11 is 6.39. The quantitative estimate of drug-likeness (QED) is 0.198. The van der Waals surface area contributed by atoms with Gasteiger partial charge in [-0.15, -0.1) is 0 Å². The molecule has 0 aliphatic carbocycles. The van der Waals surface area contributed by atoms with Crippen LogP contribution in [0.25, 0.3) is 22.2 Å². The molecule has 1 atom stereocenters. The Kier molecular flexibility index (Phi) is 8.59. The van der Waals surface area contributed by atoms with Crippen LogP contribution in [0.5, 0.6) is 5.75 Å². The molecule has 1 unspecified atom stereocenters. The molecule has 15 heteroatoms. The predicted molar refractivity (Wildman–Crippen MR) is 145 cm³/mol. The van der Waals surface area contributed by atoms with Gasteiger partial charge in [0.1, 0.15) is 17.1 Å². The van der Waals surface area contributed by atoms with Gasteiger partial charge in [-0.2, -0.15) is 26.3 Å². The number of ether oxygens (including phenoxy) is 1. The average molecular weight is 646 g/mol. The lowest BCUT2D eigenvalue weighted by Gasteiger charge is -2.32. The first-order valence-corrected chi connectivity index (χ1v) is 13.0. The maximum atomic E-state index is 14.5. The molecule has 0 bridgehead atoms. The van der Waals surface area contributed by atoms with E-state index in [1.165, 1.54) is 26.0 Å². The number of benzene rings is 2. The zero-order valence-corrected chi connectivity index (χ0v) is 23.8. The monoisotopic (exact) mass is 645 g/mol. The Morgan fingerprint density at radius 1 is 1.00 bits per heavy atom. The van der Waals surface area contributed by atoms with Crippen molar-refractivity contribution in [2.24, 2.45) is 0 Å². The summed E-state index contributed by atoms with van der Waals surface area (Å²) in [6, 6.07) is 7.84. The molecule has 2 aromatic carbocycles. The number of hydrogen-bond donors (Lipinski definition) is 3. The van der Waals surface area contributed by atoms with Crippen LogP contribution >= 0.6 is 11.6 Å². The zero-order valence-electron chi connectivity index (χ0n) is 23.0. The molecule has 0 aliphatic rings. The summed E-state index contributed by atoms with van der Waals surface area (Å²) in [7, 11) is 1.16. The zero-order chi connectivity index (χ0) is 32.8. The van der Waals surface area contributed by atoms with E-state index in [1.54, 1.807) is 0 Å². The van der Waals surface area contributed by atoms with Crippen molar-refractivity contribution >= 4 is 28.4 Å². The second-order valence-corrected chi connectivity index (χ2v) is 10.7. The Bertz CT molecular complexity index is 1720. The first-order valence-electron chi connectivity index (χ1n) is 12.6. The molecule has 4 rings (SSSR count). The van der Waals surface area contributed by atoms with Crippen molar-refractivity contribution in [2.75, 3.05) is 13.7 Å². The minimum absolute atomic E-state index is 0.0401. The summed E-state index contributed by atoms with van der Waals surface area (Å²) in [5, 5.41) is 23.2. The topological polar surface area (TPSA) is 105 Å². The number of nitrogens with zero attached hydrogens (tertiary/aromatic N) is 2. The third kappa shape index (κ3) is 6.42. The molecular formula is C29H23ClF7N3O4. The number of carbonyl (C=O) groups is 1. The Morgan fingerprint density at radius 3 is 2.18 bits per heavy atom. The Balaban J connectivity index is 1.79. The van der Waals surface area contributed by atoms with E-state index in [-0.39, 0.29) is 38.5 Å². The number of fused-ring (bicyclic) bond motifs is 1. The number of hydrogen-bond acceptors (Lipinski definition) is 6. The number of halogens is 8. The van der Waals surface area contributed by atoms with E-state index in [0.717, 1.165) is 37.4 Å². The first kappa shape index (κ1) is 32.9. The largest absolute Gasteiger partial charge is 0.494 e. The van der Waals surface area contributed by atoms with Crippen LogP contribution < -0.4 is 10.1 Å². The van der Waals surface area contributed by atoms with Crippen LogP contribution in [0.4, 0.5) is 30.7 Å². The third-order valence-electron chi connectivity index (χ3n) is 6.69. The number of pyridine rings is 2. The molecule has 3 N–H and O–H groups in total.